The molecular formula is C19H37N5O. The maximum absolute atomic E-state index is 11.6. The molecule has 0 aromatic carbocycles. The van der Waals surface area contributed by atoms with Gasteiger partial charge in [0.15, 0.2) is 5.96 Å². The van der Waals surface area contributed by atoms with Gasteiger partial charge in [0.1, 0.15) is 0 Å². The van der Waals surface area contributed by atoms with Crippen molar-refractivity contribution >= 4 is 11.9 Å². The lowest BCUT2D eigenvalue weighted by Gasteiger charge is -2.30. The van der Waals surface area contributed by atoms with Crippen LogP contribution < -0.4 is 10.6 Å². The minimum absolute atomic E-state index is 0.307. The van der Waals surface area contributed by atoms with Gasteiger partial charge in [-0.25, -0.2) is 0 Å². The Morgan fingerprint density at radius 1 is 1.16 bits per heavy atom. The number of hydrogen-bond acceptors (Lipinski definition) is 3. The van der Waals surface area contributed by atoms with Crippen molar-refractivity contribution in [2.24, 2.45) is 10.9 Å². The quantitative estimate of drug-likeness (QED) is 0.377. The molecule has 25 heavy (non-hydrogen) atoms. The number of likely N-dealkylation sites (tertiary alicyclic amines) is 2. The molecule has 0 aliphatic carbocycles. The molecule has 2 heterocycles. The minimum atomic E-state index is 0.307. The summed E-state index contributed by atoms with van der Waals surface area (Å²) in [6.07, 6.45) is 6.52. The van der Waals surface area contributed by atoms with E-state index in [4.69, 9.17) is 0 Å². The molecule has 2 saturated heterocycles. The minimum Gasteiger partial charge on any atom is -0.357 e. The van der Waals surface area contributed by atoms with E-state index in [1.54, 1.807) is 0 Å². The smallest absolute Gasteiger partial charge is 0.222 e. The van der Waals surface area contributed by atoms with E-state index in [-0.39, 0.29) is 0 Å². The van der Waals surface area contributed by atoms with Crippen LogP contribution >= 0.6 is 0 Å². The normalized spacial score (nSPS) is 20.3. The van der Waals surface area contributed by atoms with Crippen LogP contribution in [0.5, 0.6) is 0 Å². The first-order valence-electron chi connectivity index (χ1n) is 10.2. The highest BCUT2D eigenvalue weighted by Gasteiger charge is 2.19. The lowest BCUT2D eigenvalue weighted by atomic mass is 9.99. The van der Waals surface area contributed by atoms with E-state index in [2.05, 4.69) is 34.4 Å². The van der Waals surface area contributed by atoms with E-state index in [0.717, 1.165) is 70.3 Å². The maximum atomic E-state index is 11.6. The number of carbonyl (C=O) groups is 1. The Morgan fingerprint density at radius 3 is 2.64 bits per heavy atom. The summed E-state index contributed by atoms with van der Waals surface area (Å²) in [5.41, 5.74) is 0. The van der Waals surface area contributed by atoms with Gasteiger partial charge in [0, 0.05) is 39.1 Å². The van der Waals surface area contributed by atoms with Crippen molar-refractivity contribution in [3.63, 3.8) is 0 Å². The van der Waals surface area contributed by atoms with Crippen LogP contribution in [0.15, 0.2) is 4.99 Å². The predicted octanol–water partition coefficient (Wildman–Crippen LogP) is 1.68. The summed E-state index contributed by atoms with van der Waals surface area (Å²) in [5.74, 6) is 2.11. The van der Waals surface area contributed by atoms with Crippen molar-refractivity contribution in [3.8, 4) is 0 Å². The zero-order valence-corrected chi connectivity index (χ0v) is 16.2. The zero-order chi connectivity index (χ0) is 17.9. The highest BCUT2D eigenvalue weighted by atomic mass is 16.2. The van der Waals surface area contributed by atoms with Gasteiger partial charge in [-0.1, -0.05) is 6.92 Å². The van der Waals surface area contributed by atoms with E-state index in [1.165, 1.54) is 32.5 Å². The number of aliphatic imine (C=N–C) groups is 1. The summed E-state index contributed by atoms with van der Waals surface area (Å²) >= 11 is 0. The first-order valence-corrected chi connectivity index (χ1v) is 10.2. The Morgan fingerprint density at radius 2 is 1.96 bits per heavy atom. The molecule has 0 spiro atoms. The Bertz CT molecular complexity index is 418. The van der Waals surface area contributed by atoms with Gasteiger partial charge in [-0.15, -0.1) is 0 Å². The first-order chi connectivity index (χ1) is 12.2. The average molecular weight is 352 g/mol. The van der Waals surface area contributed by atoms with Gasteiger partial charge >= 0.3 is 0 Å². The number of nitrogens with one attached hydrogen (secondary N) is 2. The van der Waals surface area contributed by atoms with Crippen LogP contribution in [0.1, 0.15) is 52.4 Å². The van der Waals surface area contributed by atoms with E-state index in [9.17, 15) is 4.79 Å². The zero-order valence-electron chi connectivity index (χ0n) is 16.2. The number of carbonyl (C=O) groups excluding carboxylic acids is 1. The van der Waals surface area contributed by atoms with Crippen molar-refractivity contribution in [2.75, 3.05) is 52.4 Å². The second-order valence-corrected chi connectivity index (χ2v) is 7.40. The number of hydrogen-bond donors (Lipinski definition) is 2. The van der Waals surface area contributed by atoms with Crippen molar-refractivity contribution in [3.05, 3.63) is 0 Å². The van der Waals surface area contributed by atoms with Crippen LogP contribution in [-0.4, -0.2) is 74.0 Å². The molecule has 144 valence electrons. The Balaban J connectivity index is 1.57. The lowest BCUT2D eigenvalue weighted by molar-refractivity contribution is -0.127. The third-order valence-electron chi connectivity index (χ3n) is 5.19. The highest BCUT2D eigenvalue weighted by Crippen LogP contribution is 2.15. The second kappa shape index (κ2) is 11.3. The second-order valence-electron chi connectivity index (χ2n) is 7.40. The van der Waals surface area contributed by atoms with Crippen LogP contribution in [0.3, 0.4) is 0 Å². The van der Waals surface area contributed by atoms with Gasteiger partial charge in [0.2, 0.25) is 5.91 Å². The molecule has 0 radical (unpaired) electrons. The predicted molar refractivity (Wildman–Crippen MR) is 104 cm³/mol. The number of nitrogens with zero attached hydrogens (tertiary/aromatic N) is 3. The van der Waals surface area contributed by atoms with Crippen LogP contribution in [0.4, 0.5) is 0 Å². The molecule has 2 aliphatic heterocycles. The fraction of sp³-hybridized carbons (Fsp3) is 0.895. The topological polar surface area (TPSA) is 60.0 Å². The van der Waals surface area contributed by atoms with Crippen LogP contribution in [-0.2, 0) is 4.79 Å². The van der Waals surface area contributed by atoms with Crippen LogP contribution in [0, 0.1) is 5.92 Å². The Hall–Kier alpha value is -1.30. The summed E-state index contributed by atoms with van der Waals surface area (Å²) in [7, 11) is 0. The fourth-order valence-corrected chi connectivity index (χ4v) is 3.53. The SMILES string of the molecule is CCNC(=NCCCN1CCCC1=O)NCCCN1CCC(C)CC1. The van der Waals surface area contributed by atoms with E-state index in [1.807, 2.05) is 4.90 Å². The van der Waals surface area contributed by atoms with E-state index in [0.29, 0.717) is 5.91 Å². The van der Waals surface area contributed by atoms with Crippen molar-refractivity contribution < 1.29 is 4.79 Å². The largest absolute Gasteiger partial charge is 0.357 e. The summed E-state index contributed by atoms with van der Waals surface area (Å²) in [5, 5.41) is 6.75. The molecule has 0 aromatic heterocycles. The van der Waals surface area contributed by atoms with Gasteiger partial charge in [0.05, 0.1) is 0 Å². The molecule has 6 heteroatoms. The van der Waals surface area contributed by atoms with Gasteiger partial charge in [-0.3, -0.25) is 9.79 Å². The Kier molecular flexibility index (Phi) is 9.08. The highest BCUT2D eigenvalue weighted by molar-refractivity contribution is 5.79. The van der Waals surface area contributed by atoms with E-state index >= 15 is 0 Å². The van der Waals surface area contributed by atoms with E-state index < -0.39 is 0 Å². The molecule has 0 atom stereocenters. The van der Waals surface area contributed by atoms with Crippen LogP contribution in [0.25, 0.3) is 0 Å². The van der Waals surface area contributed by atoms with Crippen molar-refractivity contribution in [1.82, 2.24) is 20.4 Å². The van der Waals surface area contributed by atoms with Crippen molar-refractivity contribution in [1.29, 1.82) is 0 Å². The summed E-state index contributed by atoms with van der Waals surface area (Å²) < 4.78 is 0. The molecule has 2 aliphatic rings. The molecule has 0 bridgehead atoms. The first kappa shape index (κ1) is 20.0. The van der Waals surface area contributed by atoms with Crippen molar-refractivity contribution in [2.45, 2.75) is 52.4 Å². The number of guanidine groups is 1. The van der Waals surface area contributed by atoms with Crippen LogP contribution in [0.2, 0.25) is 0 Å². The van der Waals surface area contributed by atoms with Gasteiger partial charge in [-0.2, -0.15) is 0 Å². The summed E-state index contributed by atoms with van der Waals surface area (Å²) in [6.45, 7) is 12.5. The number of amides is 1. The summed E-state index contributed by atoms with van der Waals surface area (Å²) in [6, 6.07) is 0. The third-order valence-corrected chi connectivity index (χ3v) is 5.19. The molecular weight excluding hydrogens is 314 g/mol. The molecule has 2 rings (SSSR count). The monoisotopic (exact) mass is 351 g/mol. The molecule has 0 unspecified atom stereocenters. The average Bonchev–Trinajstić information content (AvgIpc) is 3.02. The molecule has 0 saturated carbocycles. The number of piperidine rings is 1. The fourth-order valence-electron chi connectivity index (χ4n) is 3.53. The summed E-state index contributed by atoms with van der Waals surface area (Å²) in [4.78, 5) is 20.8. The lowest BCUT2D eigenvalue weighted by Crippen LogP contribution is -2.40. The van der Waals surface area contributed by atoms with Gasteiger partial charge in [-0.05, 0) is 64.6 Å². The molecule has 1 amide bonds. The molecule has 2 fully saturated rings. The Labute approximate surface area is 153 Å². The number of rotatable bonds is 9. The third kappa shape index (κ3) is 7.63. The molecule has 2 N–H and O–H groups in total. The molecule has 6 nitrogen and oxygen atoms in total. The maximum Gasteiger partial charge on any atom is 0.222 e. The standard InChI is InChI=1S/C19H37N5O/c1-3-20-19(22-11-6-14-24-13-4-7-18(24)25)21-10-5-12-23-15-8-17(2)9-16-23/h17H,3-16H2,1-2H3,(H2,20,21,22). The molecule has 0 aromatic rings. The van der Waals surface area contributed by atoms with Gasteiger partial charge in [0.25, 0.3) is 0 Å². The van der Waals surface area contributed by atoms with Gasteiger partial charge < -0.3 is 20.4 Å².